The average molecular weight is 500 g/mol. The second-order valence-corrected chi connectivity index (χ2v) is 8.57. The molecule has 1 aliphatic rings. The molecule has 9 heteroatoms. The van der Waals surface area contributed by atoms with Gasteiger partial charge in [-0.25, -0.2) is 9.88 Å². The minimum atomic E-state index is -0.485. The van der Waals surface area contributed by atoms with Gasteiger partial charge in [0.15, 0.2) is 0 Å². The number of aromatic nitrogens is 1. The molecule has 180 valence electrons. The minimum Gasteiger partial charge on any atom is -0.494 e. The van der Waals surface area contributed by atoms with Crippen LogP contribution in [-0.4, -0.2) is 29.3 Å². The summed E-state index contributed by atoms with van der Waals surface area (Å²) in [6.45, 7) is 2.66. The van der Waals surface area contributed by atoms with E-state index in [4.69, 9.17) is 9.47 Å². The van der Waals surface area contributed by atoms with E-state index in [9.17, 15) is 14.4 Å². The summed E-state index contributed by atoms with van der Waals surface area (Å²) in [5.74, 6) is -0.212. The van der Waals surface area contributed by atoms with E-state index in [-0.39, 0.29) is 23.3 Å². The monoisotopic (exact) mass is 499 g/mol. The number of rotatable bonds is 8. The molecular weight excluding hydrogens is 478 g/mol. The molecule has 36 heavy (non-hydrogen) atoms. The van der Waals surface area contributed by atoms with Crippen molar-refractivity contribution in [2.45, 2.75) is 13.5 Å². The maximum Gasteiger partial charge on any atom is 0.266 e. The molecule has 1 aromatic heterocycles. The standard InChI is InChI=1S/C27H21N3O5S/c1-2-34-20-10-8-19(9-11-20)30-26(32)21-12-7-17(13-22(21)27(30)33)25(31)29-23-5-3-4-6-24(23)35-14-18-15-36-16-28-18/h3-13,15-16H,2,14H2,1H3,(H,29,31). The highest BCUT2D eigenvalue weighted by molar-refractivity contribution is 7.07. The summed E-state index contributed by atoms with van der Waals surface area (Å²) in [6.07, 6.45) is 0. The van der Waals surface area contributed by atoms with Crippen LogP contribution in [0.2, 0.25) is 0 Å². The lowest BCUT2D eigenvalue weighted by Gasteiger charge is -2.14. The molecule has 0 spiro atoms. The van der Waals surface area contributed by atoms with Gasteiger partial charge in [0, 0.05) is 10.9 Å². The van der Waals surface area contributed by atoms with Gasteiger partial charge in [0.25, 0.3) is 17.7 Å². The molecule has 2 heterocycles. The van der Waals surface area contributed by atoms with Crippen molar-refractivity contribution in [2.24, 2.45) is 0 Å². The number of fused-ring (bicyclic) bond motifs is 1. The number of hydrogen-bond donors (Lipinski definition) is 1. The Hall–Kier alpha value is -4.50. The Morgan fingerprint density at radius 2 is 1.75 bits per heavy atom. The molecule has 0 unspecified atom stereocenters. The first-order chi connectivity index (χ1) is 17.5. The molecule has 0 saturated carbocycles. The van der Waals surface area contributed by atoms with Crippen LogP contribution < -0.4 is 19.7 Å². The van der Waals surface area contributed by atoms with Crippen LogP contribution >= 0.6 is 11.3 Å². The van der Waals surface area contributed by atoms with Gasteiger partial charge in [-0.05, 0) is 61.5 Å². The van der Waals surface area contributed by atoms with Crippen molar-refractivity contribution >= 4 is 40.4 Å². The summed E-state index contributed by atoms with van der Waals surface area (Å²) in [4.78, 5) is 44.4. The van der Waals surface area contributed by atoms with Gasteiger partial charge in [-0.1, -0.05) is 12.1 Å². The van der Waals surface area contributed by atoms with Crippen LogP contribution in [0.1, 0.15) is 43.7 Å². The third-order valence-corrected chi connectivity index (χ3v) is 6.18. The number of imide groups is 1. The van der Waals surface area contributed by atoms with E-state index in [1.165, 1.54) is 29.5 Å². The first-order valence-electron chi connectivity index (χ1n) is 11.2. The van der Waals surface area contributed by atoms with Gasteiger partial charge < -0.3 is 14.8 Å². The summed E-state index contributed by atoms with van der Waals surface area (Å²) in [6, 6.07) is 18.3. The summed E-state index contributed by atoms with van der Waals surface area (Å²) >= 11 is 1.48. The fraction of sp³-hybridized carbons (Fsp3) is 0.111. The Labute approximate surface area is 211 Å². The Kier molecular flexibility index (Phi) is 6.46. The van der Waals surface area contributed by atoms with Crippen molar-refractivity contribution in [1.82, 2.24) is 4.98 Å². The summed E-state index contributed by atoms with van der Waals surface area (Å²) in [7, 11) is 0. The van der Waals surface area contributed by atoms with Crippen LogP contribution in [0.5, 0.6) is 11.5 Å². The van der Waals surface area contributed by atoms with Gasteiger partial charge in [-0.15, -0.1) is 11.3 Å². The maximum absolute atomic E-state index is 13.1. The highest BCUT2D eigenvalue weighted by atomic mass is 32.1. The average Bonchev–Trinajstić information content (AvgIpc) is 3.50. The number of carbonyl (C=O) groups is 3. The van der Waals surface area contributed by atoms with E-state index in [2.05, 4.69) is 10.3 Å². The Bertz CT molecular complexity index is 1430. The molecule has 0 aliphatic carbocycles. The number of benzene rings is 3. The molecule has 5 rings (SSSR count). The van der Waals surface area contributed by atoms with Crippen molar-refractivity contribution in [3.05, 3.63) is 100 Å². The van der Waals surface area contributed by atoms with E-state index in [0.717, 1.165) is 10.6 Å². The van der Waals surface area contributed by atoms with Crippen LogP contribution in [-0.2, 0) is 6.61 Å². The smallest absolute Gasteiger partial charge is 0.266 e. The fourth-order valence-electron chi connectivity index (χ4n) is 3.83. The molecule has 0 fully saturated rings. The zero-order valence-corrected chi connectivity index (χ0v) is 20.1. The number of hydrogen-bond acceptors (Lipinski definition) is 7. The molecule has 1 N–H and O–H groups in total. The molecule has 0 bridgehead atoms. The normalized spacial score (nSPS) is 12.4. The van der Waals surface area contributed by atoms with E-state index in [1.54, 1.807) is 54.0 Å². The predicted molar refractivity (Wildman–Crippen MR) is 136 cm³/mol. The largest absolute Gasteiger partial charge is 0.494 e. The van der Waals surface area contributed by atoms with Crippen LogP contribution in [0.4, 0.5) is 11.4 Å². The van der Waals surface area contributed by atoms with Crippen molar-refractivity contribution in [1.29, 1.82) is 0 Å². The quantitative estimate of drug-likeness (QED) is 0.336. The topological polar surface area (TPSA) is 97.8 Å². The number of nitrogens with zero attached hydrogens (tertiary/aromatic N) is 2. The van der Waals surface area contributed by atoms with Gasteiger partial charge in [-0.2, -0.15) is 0 Å². The Balaban J connectivity index is 1.34. The molecule has 8 nitrogen and oxygen atoms in total. The number of para-hydroxylation sites is 2. The second kappa shape index (κ2) is 10.0. The number of ether oxygens (including phenoxy) is 2. The third kappa shape index (κ3) is 4.56. The third-order valence-electron chi connectivity index (χ3n) is 5.55. The molecule has 3 amide bonds. The van der Waals surface area contributed by atoms with Crippen LogP contribution in [0.15, 0.2) is 77.6 Å². The number of nitrogens with one attached hydrogen (secondary N) is 1. The number of anilines is 2. The van der Waals surface area contributed by atoms with E-state index in [1.807, 2.05) is 12.3 Å². The summed E-state index contributed by atoms with van der Waals surface area (Å²) in [5, 5.41) is 4.72. The predicted octanol–water partition coefficient (Wildman–Crippen LogP) is 5.17. The van der Waals surface area contributed by atoms with E-state index in [0.29, 0.717) is 29.5 Å². The highest BCUT2D eigenvalue weighted by Crippen LogP contribution is 2.31. The van der Waals surface area contributed by atoms with Gasteiger partial charge in [0.1, 0.15) is 18.1 Å². The fourth-order valence-corrected chi connectivity index (χ4v) is 4.37. The zero-order chi connectivity index (χ0) is 25.1. The lowest BCUT2D eigenvalue weighted by atomic mass is 10.1. The molecule has 0 radical (unpaired) electrons. The number of thiazole rings is 1. The summed E-state index contributed by atoms with van der Waals surface area (Å²) < 4.78 is 11.3. The van der Waals surface area contributed by atoms with Crippen molar-refractivity contribution in [3.8, 4) is 11.5 Å². The van der Waals surface area contributed by atoms with Crippen molar-refractivity contribution < 1.29 is 23.9 Å². The molecule has 3 aromatic carbocycles. The van der Waals surface area contributed by atoms with Gasteiger partial charge in [0.2, 0.25) is 0 Å². The van der Waals surface area contributed by atoms with E-state index < -0.39 is 17.7 Å². The summed E-state index contributed by atoms with van der Waals surface area (Å²) in [5.41, 5.74) is 4.10. The number of carbonyl (C=O) groups excluding carboxylic acids is 3. The molecule has 1 aliphatic heterocycles. The Morgan fingerprint density at radius 3 is 2.50 bits per heavy atom. The van der Waals surface area contributed by atoms with Gasteiger partial charge in [0.05, 0.1) is 40.3 Å². The molecule has 0 saturated heterocycles. The first-order valence-corrected chi connectivity index (χ1v) is 12.2. The van der Waals surface area contributed by atoms with E-state index >= 15 is 0 Å². The van der Waals surface area contributed by atoms with Crippen LogP contribution in [0.3, 0.4) is 0 Å². The molecule has 4 aromatic rings. The van der Waals surface area contributed by atoms with Gasteiger partial charge >= 0.3 is 0 Å². The van der Waals surface area contributed by atoms with Crippen molar-refractivity contribution in [3.63, 3.8) is 0 Å². The van der Waals surface area contributed by atoms with Crippen LogP contribution in [0.25, 0.3) is 0 Å². The SMILES string of the molecule is CCOc1ccc(N2C(=O)c3ccc(C(=O)Nc4ccccc4OCc4cscn4)cc3C2=O)cc1. The zero-order valence-electron chi connectivity index (χ0n) is 19.3. The highest BCUT2D eigenvalue weighted by Gasteiger charge is 2.37. The molecule has 0 atom stereocenters. The Morgan fingerprint density at radius 1 is 0.972 bits per heavy atom. The minimum absolute atomic E-state index is 0.176. The molecular formula is C27H21N3O5S. The van der Waals surface area contributed by atoms with Crippen molar-refractivity contribution in [2.75, 3.05) is 16.8 Å². The number of amides is 3. The van der Waals surface area contributed by atoms with Gasteiger partial charge in [-0.3, -0.25) is 14.4 Å². The lowest BCUT2D eigenvalue weighted by Crippen LogP contribution is -2.29. The lowest BCUT2D eigenvalue weighted by molar-refractivity contribution is 0.0925. The second-order valence-electron chi connectivity index (χ2n) is 7.85. The maximum atomic E-state index is 13.1. The first kappa shape index (κ1) is 23.3. The van der Waals surface area contributed by atoms with Crippen LogP contribution in [0, 0.1) is 0 Å².